The molecule has 0 atom stereocenters. The molecular formula is C18H15Cl2F3N4O3S. The first-order chi connectivity index (χ1) is 14.3. The highest BCUT2D eigenvalue weighted by Crippen LogP contribution is 2.45. The summed E-state index contributed by atoms with van der Waals surface area (Å²) in [6, 6.07) is 6.19. The van der Waals surface area contributed by atoms with E-state index in [4.69, 9.17) is 28.9 Å². The highest BCUT2D eigenvalue weighted by atomic mass is 35.5. The molecule has 1 aliphatic carbocycles. The van der Waals surface area contributed by atoms with Gasteiger partial charge in [0, 0.05) is 35.0 Å². The first-order valence-corrected chi connectivity index (χ1v) is 11.1. The number of sulfonamides is 1. The van der Waals surface area contributed by atoms with Crippen molar-refractivity contribution in [1.82, 2.24) is 14.9 Å². The van der Waals surface area contributed by atoms with Gasteiger partial charge in [0.25, 0.3) is 0 Å². The summed E-state index contributed by atoms with van der Waals surface area (Å²) < 4.78 is 65.5. The maximum atomic E-state index is 12.7. The van der Waals surface area contributed by atoms with Crippen molar-refractivity contribution in [2.45, 2.75) is 35.6 Å². The van der Waals surface area contributed by atoms with E-state index in [0.29, 0.717) is 22.0 Å². The molecule has 0 bridgehead atoms. The van der Waals surface area contributed by atoms with Crippen LogP contribution in [-0.4, -0.2) is 41.5 Å². The van der Waals surface area contributed by atoms with Crippen LogP contribution < -0.4 is 10.5 Å². The van der Waals surface area contributed by atoms with Gasteiger partial charge in [-0.1, -0.05) is 35.3 Å². The summed E-state index contributed by atoms with van der Waals surface area (Å²) in [5.41, 5.74) is 4.48. The standard InChI is InChI=1S/C18H15Cl2F3N4O3S/c19-12-5-9(31(29,30)27-8-6-17(28,7-8)18(21,22)23)1-2-10(12)11-3-4-13-14(15(11)20)16(24)26-25-13/h1-5,8,27-28H,6-7H2,(H3,24,25,26)/t8-,17+. The molecule has 31 heavy (non-hydrogen) atoms. The van der Waals surface area contributed by atoms with E-state index in [-0.39, 0.29) is 20.8 Å². The lowest BCUT2D eigenvalue weighted by molar-refractivity contribution is -0.290. The summed E-state index contributed by atoms with van der Waals surface area (Å²) in [6.45, 7) is 0. The predicted molar refractivity (Wildman–Crippen MR) is 110 cm³/mol. The van der Waals surface area contributed by atoms with E-state index in [1.807, 2.05) is 0 Å². The van der Waals surface area contributed by atoms with Crippen LogP contribution in [-0.2, 0) is 10.0 Å². The first kappa shape index (κ1) is 22.2. The summed E-state index contributed by atoms with van der Waals surface area (Å²) in [7, 11) is -4.16. The van der Waals surface area contributed by atoms with E-state index in [2.05, 4.69) is 14.9 Å². The molecule has 0 unspecified atom stereocenters. The van der Waals surface area contributed by atoms with Gasteiger partial charge >= 0.3 is 6.18 Å². The minimum atomic E-state index is -4.82. The smallest absolute Gasteiger partial charge is 0.382 e. The number of fused-ring (bicyclic) bond motifs is 1. The molecule has 1 heterocycles. The highest BCUT2D eigenvalue weighted by molar-refractivity contribution is 7.89. The van der Waals surface area contributed by atoms with Crippen molar-refractivity contribution in [3.05, 3.63) is 40.4 Å². The van der Waals surface area contributed by atoms with Crippen LogP contribution in [0.5, 0.6) is 0 Å². The Kier molecular flexibility index (Phi) is 5.17. The Labute approximate surface area is 184 Å². The molecule has 0 aliphatic heterocycles. The van der Waals surface area contributed by atoms with Gasteiger partial charge in [0.2, 0.25) is 10.0 Å². The van der Waals surface area contributed by atoms with E-state index < -0.39 is 40.7 Å². The Morgan fingerprint density at radius 2 is 1.84 bits per heavy atom. The number of nitrogen functional groups attached to an aromatic ring is 1. The Morgan fingerprint density at radius 3 is 2.45 bits per heavy atom. The molecule has 13 heteroatoms. The Balaban J connectivity index is 1.60. The second-order valence-electron chi connectivity index (χ2n) is 7.36. The average Bonchev–Trinajstić information content (AvgIpc) is 3.02. The Bertz CT molecular complexity index is 1290. The number of alkyl halides is 3. The molecule has 4 rings (SSSR count). The molecule has 0 radical (unpaired) electrons. The van der Waals surface area contributed by atoms with Gasteiger partial charge in [0.1, 0.15) is 0 Å². The van der Waals surface area contributed by atoms with Crippen LogP contribution in [0.4, 0.5) is 19.0 Å². The molecule has 5 N–H and O–H groups in total. The van der Waals surface area contributed by atoms with Gasteiger partial charge in [-0.05, 0) is 18.2 Å². The van der Waals surface area contributed by atoms with Crippen LogP contribution in [0.1, 0.15) is 12.8 Å². The fraction of sp³-hybridized carbons (Fsp3) is 0.278. The number of rotatable bonds is 4. The molecule has 2 aromatic carbocycles. The van der Waals surface area contributed by atoms with Crippen molar-refractivity contribution in [3.63, 3.8) is 0 Å². The minimum Gasteiger partial charge on any atom is -0.382 e. The van der Waals surface area contributed by atoms with Gasteiger partial charge in [-0.25, -0.2) is 13.1 Å². The monoisotopic (exact) mass is 494 g/mol. The van der Waals surface area contributed by atoms with E-state index in [9.17, 15) is 26.7 Å². The number of hydrogen-bond acceptors (Lipinski definition) is 5. The highest BCUT2D eigenvalue weighted by Gasteiger charge is 2.61. The van der Waals surface area contributed by atoms with Crippen LogP contribution in [0.25, 0.3) is 22.0 Å². The number of hydrogen-bond donors (Lipinski definition) is 4. The molecule has 166 valence electrons. The molecule has 1 fully saturated rings. The third-order valence-corrected chi connectivity index (χ3v) is 7.48. The topological polar surface area (TPSA) is 121 Å². The molecule has 3 aromatic rings. The predicted octanol–water partition coefficient (Wildman–Crippen LogP) is 3.85. The molecule has 1 saturated carbocycles. The van der Waals surface area contributed by atoms with Gasteiger partial charge in [-0.3, -0.25) is 5.10 Å². The summed E-state index contributed by atoms with van der Waals surface area (Å²) >= 11 is 12.7. The van der Waals surface area contributed by atoms with Gasteiger partial charge in [-0.2, -0.15) is 18.3 Å². The fourth-order valence-corrected chi connectivity index (χ4v) is 5.52. The lowest BCUT2D eigenvalue weighted by Gasteiger charge is -2.44. The Morgan fingerprint density at radius 1 is 1.19 bits per heavy atom. The number of benzene rings is 2. The lowest BCUT2D eigenvalue weighted by atomic mass is 9.76. The van der Waals surface area contributed by atoms with Gasteiger partial charge < -0.3 is 10.8 Å². The van der Waals surface area contributed by atoms with E-state index in [0.717, 1.165) is 0 Å². The third kappa shape index (κ3) is 3.74. The van der Waals surface area contributed by atoms with E-state index in [1.54, 1.807) is 12.1 Å². The molecule has 1 aromatic heterocycles. The lowest BCUT2D eigenvalue weighted by Crippen LogP contribution is -2.62. The zero-order chi connectivity index (χ0) is 22.8. The zero-order valence-corrected chi connectivity index (χ0v) is 17.8. The fourth-order valence-electron chi connectivity index (χ4n) is 3.54. The van der Waals surface area contributed by atoms with Crippen LogP contribution in [0.15, 0.2) is 35.2 Å². The summed E-state index contributed by atoms with van der Waals surface area (Å²) in [5, 5.41) is 16.9. The van der Waals surface area contributed by atoms with Crippen molar-refractivity contribution in [1.29, 1.82) is 0 Å². The van der Waals surface area contributed by atoms with Crippen LogP contribution in [0.3, 0.4) is 0 Å². The van der Waals surface area contributed by atoms with Gasteiger partial charge in [0.15, 0.2) is 11.4 Å². The molecule has 1 aliphatic rings. The molecule has 7 nitrogen and oxygen atoms in total. The molecule has 0 saturated heterocycles. The van der Waals surface area contributed by atoms with E-state index in [1.165, 1.54) is 18.2 Å². The zero-order valence-electron chi connectivity index (χ0n) is 15.5. The van der Waals surface area contributed by atoms with Crippen LogP contribution in [0.2, 0.25) is 10.0 Å². The Hall–Kier alpha value is -2.05. The number of nitrogens with one attached hydrogen (secondary N) is 2. The summed E-state index contributed by atoms with van der Waals surface area (Å²) in [4.78, 5) is -0.233. The average molecular weight is 495 g/mol. The number of nitrogens with zero attached hydrogens (tertiary/aromatic N) is 1. The largest absolute Gasteiger partial charge is 0.417 e. The minimum absolute atomic E-state index is 0.0617. The van der Waals surface area contributed by atoms with Crippen LogP contribution in [0, 0.1) is 0 Å². The van der Waals surface area contributed by atoms with Crippen molar-refractivity contribution >= 4 is 49.9 Å². The van der Waals surface area contributed by atoms with Gasteiger partial charge in [0.05, 0.1) is 20.8 Å². The molecular weight excluding hydrogens is 480 g/mol. The van der Waals surface area contributed by atoms with Gasteiger partial charge in [-0.15, -0.1) is 0 Å². The number of aromatic amines is 1. The second kappa shape index (κ2) is 7.24. The quantitative estimate of drug-likeness (QED) is 0.438. The molecule has 0 spiro atoms. The number of aliphatic hydroxyl groups is 1. The van der Waals surface area contributed by atoms with Crippen molar-refractivity contribution in [2.75, 3.05) is 5.73 Å². The van der Waals surface area contributed by atoms with E-state index >= 15 is 0 Å². The maximum absolute atomic E-state index is 12.7. The van der Waals surface area contributed by atoms with Crippen molar-refractivity contribution < 1.29 is 26.7 Å². The number of nitrogens with two attached hydrogens (primary N) is 1. The second-order valence-corrected chi connectivity index (χ2v) is 9.86. The third-order valence-electron chi connectivity index (χ3n) is 5.25. The maximum Gasteiger partial charge on any atom is 0.417 e. The normalized spacial score (nSPS) is 21.9. The first-order valence-electron chi connectivity index (χ1n) is 8.86. The summed E-state index contributed by atoms with van der Waals surface area (Å²) in [6.07, 6.45) is -6.34. The number of aromatic nitrogens is 2. The number of anilines is 1. The van der Waals surface area contributed by atoms with Crippen molar-refractivity contribution in [3.8, 4) is 11.1 Å². The van der Waals surface area contributed by atoms with Crippen LogP contribution >= 0.6 is 23.2 Å². The summed E-state index contributed by atoms with van der Waals surface area (Å²) in [5.74, 6) is 0.195. The SMILES string of the molecule is Nc1n[nH]c2ccc(-c3ccc(S(=O)(=O)N[C@H]4C[C@](O)(C(F)(F)F)C4)cc3Cl)c(Cl)c12. The molecule has 0 amide bonds. The number of H-pyrrole nitrogens is 1. The van der Waals surface area contributed by atoms with Crippen molar-refractivity contribution in [2.24, 2.45) is 0 Å². The number of halogens is 5.